The molecule has 3 aliphatic carbocycles. The van der Waals surface area contributed by atoms with Gasteiger partial charge in [-0.15, -0.1) is 0 Å². The Labute approximate surface area is 196 Å². The second-order valence-corrected chi connectivity index (χ2v) is 9.16. The molecule has 0 saturated heterocycles. The number of aliphatic hydroxyl groups is 2. The van der Waals surface area contributed by atoms with Crippen molar-refractivity contribution >= 4 is 28.9 Å². The molecule has 0 bridgehead atoms. The molecule has 3 unspecified atom stereocenters. The zero-order chi connectivity index (χ0) is 25.1. The van der Waals surface area contributed by atoms with Crippen molar-refractivity contribution in [2.45, 2.75) is 26.2 Å². The summed E-state index contributed by atoms with van der Waals surface area (Å²) >= 11 is 0. The number of phenols is 1. The fourth-order valence-electron chi connectivity index (χ4n) is 5.55. The van der Waals surface area contributed by atoms with Crippen molar-refractivity contribution in [3.05, 3.63) is 45.4 Å². The Hall–Kier alpha value is -3.82. The number of aliphatic hydroxyl groups excluding tert-OH is 2. The van der Waals surface area contributed by atoms with E-state index in [1.165, 1.54) is 7.11 Å². The van der Waals surface area contributed by atoms with E-state index in [0.717, 1.165) is 0 Å². The third-order valence-electron chi connectivity index (χ3n) is 6.96. The smallest absolute Gasteiger partial charge is 0.255 e. The standard InChI is InChI=1S/C24H27N3O7/c1-9(26-34-4)12-8-14(27(2)3)13-6-10-5-11-7-15(28)19(24(25)33)23(32)17(11)21(30)16(10)22(31)18(13)20(12)29/h8,10-11,17,28-30H,5-7H2,1-4H3,(H2,25,33)/b26-9+. The van der Waals surface area contributed by atoms with Crippen LogP contribution in [0.25, 0.3) is 0 Å². The van der Waals surface area contributed by atoms with Crippen LogP contribution in [0.5, 0.6) is 5.75 Å². The van der Waals surface area contributed by atoms with Crippen molar-refractivity contribution in [1.29, 1.82) is 0 Å². The molecular weight excluding hydrogens is 442 g/mol. The minimum absolute atomic E-state index is 0.000962. The molecular formula is C24H27N3O7. The number of primary amides is 1. The summed E-state index contributed by atoms with van der Waals surface area (Å²) in [6.07, 6.45) is 0.685. The summed E-state index contributed by atoms with van der Waals surface area (Å²) < 4.78 is 0. The fraction of sp³-hybridized carbons (Fsp3) is 0.417. The number of amides is 1. The zero-order valence-electron chi connectivity index (χ0n) is 19.4. The summed E-state index contributed by atoms with van der Waals surface area (Å²) in [5, 5.41) is 36.3. The van der Waals surface area contributed by atoms with Gasteiger partial charge in [0, 0.05) is 37.3 Å². The molecule has 0 saturated carbocycles. The Bertz CT molecular complexity index is 1230. The quantitative estimate of drug-likeness (QED) is 0.295. The van der Waals surface area contributed by atoms with Gasteiger partial charge in [-0.1, -0.05) is 5.16 Å². The maximum atomic E-state index is 13.7. The summed E-state index contributed by atoms with van der Waals surface area (Å²) in [6, 6.07) is 1.73. The number of rotatable bonds is 4. The van der Waals surface area contributed by atoms with Gasteiger partial charge in [0.25, 0.3) is 5.91 Å². The van der Waals surface area contributed by atoms with Crippen molar-refractivity contribution in [3.8, 4) is 5.75 Å². The number of anilines is 1. The average Bonchev–Trinajstić information content (AvgIpc) is 2.72. The molecule has 1 amide bonds. The third-order valence-corrected chi connectivity index (χ3v) is 6.96. The van der Waals surface area contributed by atoms with Crippen molar-refractivity contribution in [1.82, 2.24) is 0 Å². The van der Waals surface area contributed by atoms with Crippen molar-refractivity contribution in [2.24, 2.45) is 28.6 Å². The monoisotopic (exact) mass is 469 g/mol. The lowest BCUT2D eigenvalue weighted by molar-refractivity contribution is -0.126. The number of carbonyl (C=O) groups excluding carboxylic acids is 3. The first-order valence-corrected chi connectivity index (χ1v) is 10.9. The zero-order valence-corrected chi connectivity index (χ0v) is 19.4. The van der Waals surface area contributed by atoms with E-state index >= 15 is 0 Å². The van der Waals surface area contributed by atoms with Gasteiger partial charge in [-0.25, -0.2) is 0 Å². The molecule has 4 rings (SSSR count). The van der Waals surface area contributed by atoms with Gasteiger partial charge in [0.1, 0.15) is 30.0 Å². The topological polar surface area (TPSA) is 163 Å². The van der Waals surface area contributed by atoms with Crippen LogP contribution >= 0.6 is 0 Å². The molecule has 10 heteroatoms. The number of allylic oxidation sites excluding steroid dienone is 3. The molecule has 1 aromatic rings. The van der Waals surface area contributed by atoms with Crippen LogP contribution in [0.2, 0.25) is 0 Å². The normalized spacial score (nSPS) is 24.5. The van der Waals surface area contributed by atoms with Crippen LogP contribution in [-0.2, 0) is 20.8 Å². The highest BCUT2D eigenvalue weighted by atomic mass is 16.6. The van der Waals surface area contributed by atoms with E-state index < -0.39 is 46.6 Å². The van der Waals surface area contributed by atoms with Crippen LogP contribution in [0.15, 0.2) is 33.9 Å². The molecule has 0 radical (unpaired) electrons. The number of hydrogen-bond donors (Lipinski definition) is 4. The molecule has 0 heterocycles. The second kappa shape index (κ2) is 8.19. The van der Waals surface area contributed by atoms with E-state index in [9.17, 15) is 29.7 Å². The number of phenolic OH excluding ortho intramolecular Hbond substituents is 1. The summed E-state index contributed by atoms with van der Waals surface area (Å²) in [5.74, 6) is -5.60. The van der Waals surface area contributed by atoms with Crippen LogP contribution in [-0.4, -0.2) is 59.7 Å². The second-order valence-electron chi connectivity index (χ2n) is 9.16. The Morgan fingerprint density at radius 3 is 2.47 bits per heavy atom. The SMILES string of the molecule is CO/N=C(\C)c1cc(N(C)C)c2c(c1O)C(=O)C1=C(O)C3C(=O)C(C(N)=O)=C(O)CC3CC1C2. The molecule has 0 aliphatic heterocycles. The predicted octanol–water partition coefficient (Wildman–Crippen LogP) is 1.90. The summed E-state index contributed by atoms with van der Waals surface area (Å²) in [5.41, 5.74) is 6.82. The van der Waals surface area contributed by atoms with Crippen LogP contribution < -0.4 is 10.6 Å². The van der Waals surface area contributed by atoms with Crippen molar-refractivity contribution in [2.75, 3.05) is 26.1 Å². The molecule has 10 nitrogen and oxygen atoms in total. The summed E-state index contributed by atoms with van der Waals surface area (Å²) in [6.45, 7) is 1.63. The van der Waals surface area contributed by atoms with E-state index in [1.54, 1.807) is 13.0 Å². The van der Waals surface area contributed by atoms with E-state index in [4.69, 9.17) is 10.6 Å². The molecule has 0 fully saturated rings. The summed E-state index contributed by atoms with van der Waals surface area (Å²) in [7, 11) is 5.01. The van der Waals surface area contributed by atoms with Gasteiger partial charge in [0.2, 0.25) is 0 Å². The lowest BCUT2D eigenvalue weighted by Gasteiger charge is -2.41. The van der Waals surface area contributed by atoms with Crippen LogP contribution in [0.4, 0.5) is 5.69 Å². The first kappa shape index (κ1) is 23.3. The minimum atomic E-state index is -1.15. The highest BCUT2D eigenvalue weighted by Crippen LogP contribution is 2.51. The van der Waals surface area contributed by atoms with E-state index in [1.807, 2.05) is 19.0 Å². The molecule has 180 valence electrons. The first-order chi connectivity index (χ1) is 16.0. The van der Waals surface area contributed by atoms with E-state index in [2.05, 4.69) is 5.16 Å². The Morgan fingerprint density at radius 2 is 1.88 bits per heavy atom. The van der Waals surface area contributed by atoms with E-state index in [0.29, 0.717) is 35.4 Å². The number of benzene rings is 1. The summed E-state index contributed by atoms with van der Waals surface area (Å²) in [4.78, 5) is 45.1. The number of nitrogens with two attached hydrogens (primary N) is 1. The lowest BCUT2D eigenvalue weighted by Crippen LogP contribution is -2.43. The first-order valence-electron chi connectivity index (χ1n) is 10.9. The highest BCUT2D eigenvalue weighted by Gasteiger charge is 2.50. The maximum Gasteiger partial charge on any atom is 0.255 e. The molecule has 5 N–H and O–H groups in total. The molecule has 34 heavy (non-hydrogen) atoms. The van der Waals surface area contributed by atoms with Gasteiger partial charge < -0.3 is 30.8 Å². The van der Waals surface area contributed by atoms with E-state index in [-0.39, 0.29) is 29.1 Å². The third kappa shape index (κ3) is 3.32. The van der Waals surface area contributed by atoms with Gasteiger partial charge in [-0.2, -0.15) is 0 Å². The number of nitrogens with zero attached hydrogens (tertiary/aromatic N) is 2. The average molecular weight is 469 g/mol. The minimum Gasteiger partial charge on any atom is -0.511 e. The molecule has 3 aliphatic rings. The Balaban J connectivity index is 1.91. The Morgan fingerprint density at radius 1 is 1.21 bits per heavy atom. The number of aromatic hydroxyl groups is 1. The van der Waals surface area contributed by atoms with Gasteiger partial charge in [0.15, 0.2) is 11.6 Å². The van der Waals surface area contributed by atoms with Crippen LogP contribution in [0, 0.1) is 17.8 Å². The predicted molar refractivity (Wildman–Crippen MR) is 123 cm³/mol. The van der Waals surface area contributed by atoms with Crippen LogP contribution in [0.1, 0.15) is 41.3 Å². The molecule has 0 spiro atoms. The van der Waals surface area contributed by atoms with Gasteiger partial charge >= 0.3 is 0 Å². The van der Waals surface area contributed by atoms with Crippen molar-refractivity contribution in [3.63, 3.8) is 0 Å². The lowest BCUT2D eigenvalue weighted by atomic mass is 9.62. The Kier molecular flexibility index (Phi) is 5.63. The van der Waals surface area contributed by atoms with Crippen molar-refractivity contribution < 1.29 is 34.5 Å². The van der Waals surface area contributed by atoms with Gasteiger partial charge in [-0.05, 0) is 43.2 Å². The highest BCUT2D eigenvalue weighted by molar-refractivity contribution is 6.22. The van der Waals surface area contributed by atoms with Crippen LogP contribution in [0.3, 0.4) is 0 Å². The fourth-order valence-corrected chi connectivity index (χ4v) is 5.55. The maximum absolute atomic E-state index is 13.7. The number of hydrogen-bond acceptors (Lipinski definition) is 9. The van der Waals surface area contributed by atoms with Gasteiger partial charge in [0.05, 0.1) is 17.2 Å². The largest absolute Gasteiger partial charge is 0.511 e. The number of fused-ring (bicyclic) bond motifs is 3. The number of ketones is 2. The molecule has 1 aromatic carbocycles. The molecule has 3 atom stereocenters. The van der Waals surface area contributed by atoms with Gasteiger partial charge in [-0.3, -0.25) is 14.4 Å². The number of oxime groups is 1. The molecule has 0 aromatic heterocycles. The number of carbonyl (C=O) groups is 3. The number of Topliss-reactive ketones (excluding diaryl/α,β-unsaturated/α-hetero) is 2.